The van der Waals surface area contributed by atoms with Gasteiger partial charge >= 0.3 is 0 Å². The molecule has 1 rings (SSSR count). The third kappa shape index (κ3) is 4.48. The van der Waals surface area contributed by atoms with Gasteiger partial charge in [0.1, 0.15) is 11.5 Å². The summed E-state index contributed by atoms with van der Waals surface area (Å²) in [5.41, 5.74) is 0.888. The van der Waals surface area contributed by atoms with E-state index < -0.39 is 0 Å². The van der Waals surface area contributed by atoms with Gasteiger partial charge in [0.2, 0.25) is 5.88 Å². The standard InChI is InChI=1S/C12H20ClN3O/c1-9(2)10-11(13)14-8-15-12(10)17-7-5-6-16(3)4/h8-9H,5-7H2,1-4H3. The number of halogens is 1. The molecule has 5 heteroatoms. The maximum Gasteiger partial charge on any atom is 0.221 e. The van der Waals surface area contributed by atoms with Gasteiger partial charge in [-0.05, 0) is 26.4 Å². The fourth-order valence-corrected chi connectivity index (χ4v) is 1.85. The van der Waals surface area contributed by atoms with Gasteiger partial charge in [0.25, 0.3) is 0 Å². The average Bonchev–Trinajstić information content (AvgIpc) is 2.23. The van der Waals surface area contributed by atoms with E-state index in [9.17, 15) is 0 Å². The molecule has 1 aromatic rings. The molecule has 0 bridgehead atoms. The number of aromatic nitrogens is 2. The van der Waals surface area contributed by atoms with Crippen molar-refractivity contribution in [1.82, 2.24) is 14.9 Å². The Bertz CT molecular complexity index is 356. The Morgan fingerprint density at radius 1 is 1.35 bits per heavy atom. The highest BCUT2D eigenvalue weighted by atomic mass is 35.5. The summed E-state index contributed by atoms with van der Waals surface area (Å²) in [6, 6.07) is 0. The van der Waals surface area contributed by atoms with E-state index in [1.807, 2.05) is 14.1 Å². The lowest BCUT2D eigenvalue weighted by Gasteiger charge is -2.14. The molecule has 0 fully saturated rings. The Morgan fingerprint density at radius 2 is 2.06 bits per heavy atom. The van der Waals surface area contributed by atoms with Gasteiger partial charge in [0.05, 0.1) is 12.2 Å². The van der Waals surface area contributed by atoms with Gasteiger partial charge in [-0.15, -0.1) is 0 Å². The van der Waals surface area contributed by atoms with Crippen LogP contribution in [0.2, 0.25) is 5.15 Å². The van der Waals surface area contributed by atoms with Crippen LogP contribution in [0.5, 0.6) is 5.88 Å². The first kappa shape index (κ1) is 14.2. The third-order valence-corrected chi connectivity index (χ3v) is 2.67. The van der Waals surface area contributed by atoms with Gasteiger partial charge in [-0.2, -0.15) is 0 Å². The summed E-state index contributed by atoms with van der Waals surface area (Å²) in [7, 11) is 4.09. The van der Waals surface area contributed by atoms with Crippen molar-refractivity contribution in [3.8, 4) is 5.88 Å². The largest absolute Gasteiger partial charge is 0.477 e. The van der Waals surface area contributed by atoms with Crippen LogP contribution in [0.25, 0.3) is 0 Å². The van der Waals surface area contributed by atoms with Gasteiger partial charge in [0, 0.05) is 6.54 Å². The minimum atomic E-state index is 0.257. The van der Waals surface area contributed by atoms with Gasteiger partial charge in [0.15, 0.2) is 0 Å². The van der Waals surface area contributed by atoms with Crippen molar-refractivity contribution in [2.24, 2.45) is 0 Å². The van der Waals surface area contributed by atoms with Crippen molar-refractivity contribution in [3.05, 3.63) is 17.0 Å². The van der Waals surface area contributed by atoms with Crippen LogP contribution >= 0.6 is 11.6 Å². The van der Waals surface area contributed by atoms with E-state index in [-0.39, 0.29) is 5.92 Å². The molecule has 96 valence electrons. The molecular weight excluding hydrogens is 238 g/mol. The second-order valence-electron chi connectivity index (χ2n) is 4.54. The quantitative estimate of drug-likeness (QED) is 0.580. The molecule has 0 spiro atoms. The molecular formula is C12H20ClN3O. The zero-order valence-electron chi connectivity index (χ0n) is 10.9. The van der Waals surface area contributed by atoms with Gasteiger partial charge < -0.3 is 9.64 Å². The first-order chi connectivity index (χ1) is 8.02. The number of nitrogens with zero attached hydrogens (tertiary/aromatic N) is 3. The highest BCUT2D eigenvalue weighted by molar-refractivity contribution is 6.30. The SMILES string of the molecule is CC(C)c1c(Cl)ncnc1OCCCN(C)C. The number of ether oxygens (including phenoxy) is 1. The van der Waals surface area contributed by atoms with E-state index in [1.54, 1.807) is 0 Å². The second-order valence-corrected chi connectivity index (χ2v) is 4.90. The third-order valence-electron chi connectivity index (χ3n) is 2.36. The zero-order valence-corrected chi connectivity index (χ0v) is 11.7. The van der Waals surface area contributed by atoms with E-state index in [0.717, 1.165) is 18.5 Å². The maximum absolute atomic E-state index is 6.05. The Kier molecular flexibility index (Phi) is 5.65. The summed E-state index contributed by atoms with van der Waals surface area (Å²) in [5, 5.41) is 0.484. The topological polar surface area (TPSA) is 38.3 Å². The van der Waals surface area contributed by atoms with Crippen LogP contribution in [0, 0.1) is 0 Å². The molecule has 17 heavy (non-hydrogen) atoms. The monoisotopic (exact) mass is 257 g/mol. The van der Waals surface area contributed by atoms with Crippen molar-refractivity contribution >= 4 is 11.6 Å². The van der Waals surface area contributed by atoms with Crippen LogP contribution in [0.15, 0.2) is 6.33 Å². The Hall–Kier alpha value is -0.870. The predicted octanol–water partition coefficient (Wildman–Crippen LogP) is 2.58. The van der Waals surface area contributed by atoms with Gasteiger partial charge in [-0.3, -0.25) is 0 Å². The molecule has 1 aromatic heterocycles. The van der Waals surface area contributed by atoms with Crippen LogP contribution in [0.1, 0.15) is 31.7 Å². The number of hydrogen-bond acceptors (Lipinski definition) is 4. The zero-order chi connectivity index (χ0) is 12.8. The molecule has 0 saturated heterocycles. The molecule has 0 aliphatic rings. The second kappa shape index (κ2) is 6.77. The normalized spacial score (nSPS) is 11.2. The number of hydrogen-bond donors (Lipinski definition) is 0. The first-order valence-electron chi connectivity index (χ1n) is 5.80. The van der Waals surface area contributed by atoms with E-state index in [0.29, 0.717) is 17.6 Å². The molecule has 0 aliphatic carbocycles. The molecule has 1 heterocycles. The minimum Gasteiger partial charge on any atom is -0.477 e. The predicted molar refractivity (Wildman–Crippen MR) is 69.8 cm³/mol. The van der Waals surface area contributed by atoms with Gasteiger partial charge in [-0.1, -0.05) is 25.4 Å². The molecule has 0 amide bonds. The van der Waals surface area contributed by atoms with Crippen LogP contribution in [-0.2, 0) is 0 Å². The molecule has 0 atom stereocenters. The van der Waals surface area contributed by atoms with Crippen molar-refractivity contribution < 1.29 is 4.74 Å². The van der Waals surface area contributed by atoms with Gasteiger partial charge in [-0.25, -0.2) is 9.97 Å². The van der Waals surface area contributed by atoms with Crippen LogP contribution in [0.3, 0.4) is 0 Å². The lowest BCUT2D eigenvalue weighted by Crippen LogP contribution is -2.16. The average molecular weight is 258 g/mol. The van der Waals surface area contributed by atoms with Crippen molar-refractivity contribution in [3.63, 3.8) is 0 Å². The summed E-state index contributed by atoms with van der Waals surface area (Å²) in [6.07, 6.45) is 2.40. The van der Waals surface area contributed by atoms with Crippen molar-refractivity contribution in [2.75, 3.05) is 27.2 Å². The summed E-state index contributed by atoms with van der Waals surface area (Å²) >= 11 is 6.05. The van der Waals surface area contributed by atoms with E-state index in [4.69, 9.17) is 16.3 Å². The van der Waals surface area contributed by atoms with E-state index >= 15 is 0 Å². The van der Waals surface area contributed by atoms with Crippen molar-refractivity contribution in [2.45, 2.75) is 26.2 Å². The Labute approximate surface area is 108 Å². The molecule has 0 aromatic carbocycles. The smallest absolute Gasteiger partial charge is 0.221 e. The molecule has 0 N–H and O–H groups in total. The molecule has 4 nitrogen and oxygen atoms in total. The summed E-state index contributed by atoms with van der Waals surface area (Å²) in [6.45, 7) is 5.75. The van der Waals surface area contributed by atoms with Crippen LogP contribution in [-0.4, -0.2) is 42.1 Å². The first-order valence-corrected chi connectivity index (χ1v) is 6.18. The lowest BCUT2D eigenvalue weighted by atomic mass is 10.1. The maximum atomic E-state index is 6.05. The fraction of sp³-hybridized carbons (Fsp3) is 0.667. The molecule has 0 radical (unpaired) electrons. The lowest BCUT2D eigenvalue weighted by molar-refractivity contribution is 0.269. The molecule has 0 saturated carbocycles. The van der Waals surface area contributed by atoms with Crippen LogP contribution in [0.4, 0.5) is 0 Å². The van der Waals surface area contributed by atoms with E-state index in [1.165, 1.54) is 6.33 Å². The van der Waals surface area contributed by atoms with E-state index in [2.05, 4.69) is 28.7 Å². The fourth-order valence-electron chi connectivity index (χ4n) is 1.51. The molecule has 0 aliphatic heterocycles. The summed E-state index contributed by atoms with van der Waals surface area (Å²) in [4.78, 5) is 10.3. The minimum absolute atomic E-state index is 0.257. The highest BCUT2D eigenvalue weighted by Crippen LogP contribution is 2.29. The van der Waals surface area contributed by atoms with Crippen LogP contribution < -0.4 is 4.74 Å². The summed E-state index contributed by atoms with van der Waals surface area (Å²) in [5.74, 6) is 0.867. The molecule has 0 unspecified atom stereocenters. The Morgan fingerprint density at radius 3 is 2.65 bits per heavy atom. The van der Waals surface area contributed by atoms with Crippen molar-refractivity contribution in [1.29, 1.82) is 0 Å². The highest BCUT2D eigenvalue weighted by Gasteiger charge is 2.14. The summed E-state index contributed by atoms with van der Waals surface area (Å²) < 4.78 is 5.67. The Balaban J connectivity index is 2.61. The number of rotatable bonds is 6.